The molecular weight excluding hydrogens is 372 g/mol. The molecule has 2 aromatic rings. The van der Waals surface area contributed by atoms with Gasteiger partial charge in [0.1, 0.15) is 5.82 Å². The van der Waals surface area contributed by atoms with E-state index in [1.54, 1.807) is 6.07 Å². The normalized spacial score (nSPS) is 19.5. The molecule has 1 aliphatic heterocycles. The monoisotopic (exact) mass is 388 g/mol. The van der Waals surface area contributed by atoms with Crippen LogP contribution < -0.4 is 5.32 Å². The summed E-state index contributed by atoms with van der Waals surface area (Å²) in [5, 5.41) is 3.03. The maximum atomic E-state index is 13.5. The summed E-state index contributed by atoms with van der Waals surface area (Å²) in [5.74, 6) is -0.510. The van der Waals surface area contributed by atoms with Crippen molar-refractivity contribution in [3.63, 3.8) is 0 Å². The minimum Gasteiger partial charge on any atom is -0.313 e. The van der Waals surface area contributed by atoms with Crippen molar-refractivity contribution in [2.45, 2.75) is 17.1 Å². The Kier molecular flexibility index (Phi) is 5.05. The minimum atomic E-state index is -4.64. The molecule has 1 unspecified atom stereocenters. The third-order valence-corrected chi connectivity index (χ3v) is 6.10. The van der Waals surface area contributed by atoms with Gasteiger partial charge in [0.25, 0.3) is 0 Å². The molecule has 1 heterocycles. The summed E-state index contributed by atoms with van der Waals surface area (Å²) in [4.78, 5) is -0.435. The summed E-state index contributed by atoms with van der Waals surface area (Å²) in [6.07, 6.45) is -4.64. The Labute approximate surface area is 148 Å². The lowest BCUT2D eigenvalue weighted by Gasteiger charge is -2.35. The zero-order valence-corrected chi connectivity index (χ0v) is 14.3. The second-order valence-electron chi connectivity index (χ2n) is 5.92. The van der Waals surface area contributed by atoms with E-state index >= 15 is 0 Å². The van der Waals surface area contributed by atoms with Crippen LogP contribution >= 0.6 is 0 Å². The molecule has 0 bridgehead atoms. The van der Waals surface area contributed by atoms with Crippen molar-refractivity contribution in [1.29, 1.82) is 0 Å². The summed E-state index contributed by atoms with van der Waals surface area (Å²) >= 11 is 0. The van der Waals surface area contributed by atoms with E-state index in [1.165, 1.54) is 18.2 Å². The van der Waals surface area contributed by atoms with E-state index in [1.807, 2.05) is 0 Å². The zero-order chi connectivity index (χ0) is 18.9. The first kappa shape index (κ1) is 18.8. The highest BCUT2D eigenvalue weighted by atomic mass is 32.2. The highest BCUT2D eigenvalue weighted by molar-refractivity contribution is 7.89. The fraction of sp³-hybridized carbons (Fsp3) is 0.294. The Morgan fingerprint density at radius 1 is 1.08 bits per heavy atom. The molecule has 0 saturated carbocycles. The molecule has 2 aromatic carbocycles. The fourth-order valence-electron chi connectivity index (χ4n) is 2.94. The maximum absolute atomic E-state index is 13.5. The molecule has 0 radical (unpaired) electrons. The van der Waals surface area contributed by atoms with E-state index in [0.717, 1.165) is 22.5 Å². The number of benzene rings is 2. The molecule has 0 aromatic heterocycles. The number of hydrogen-bond donors (Lipinski definition) is 1. The van der Waals surface area contributed by atoms with E-state index < -0.39 is 38.5 Å². The lowest BCUT2D eigenvalue weighted by atomic mass is 10.1. The molecule has 1 N–H and O–H groups in total. The van der Waals surface area contributed by atoms with Gasteiger partial charge < -0.3 is 5.32 Å². The van der Waals surface area contributed by atoms with Crippen molar-refractivity contribution in [3.05, 3.63) is 65.5 Å². The highest BCUT2D eigenvalue weighted by Gasteiger charge is 2.37. The predicted octanol–water partition coefficient (Wildman–Crippen LogP) is 3.18. The average Bonchev–Trinajstić information content (AvgIpc) is 2.61. The molecule has 1 saturated heterocycles. The summed E-state index contributed by atoms with van der Waals surface area (Å²) in [7, 11) is -4.18. The lowest BCUT2D eigenvalue weighted by Crippen LogP contribution is -2.48. The van der Waals surface area contributed by atoms with Crippen LogP contribution in [-0.4, -0.2) is 32.4 Å². The van der Waals surface area contributed by atoms with E-state index in [2.05, 4.69) is 5.32 Å². The van der Waals surface area contributed by atoms with Crippen LogP contribution in [0.25, 0.3) is 0 Å². The molecule has 1 atom stereocenters. The highest BCUT2D eigenvalue weighted by Crippen LogP contribution is 2.33. The van der Waals surface area contributed by atoms with Gasteiger partial charge in [0.2, 0.25) is 10.0 Å². The van der Waals surface area contributed by atoms with E-state index in [0.29, 0.717) is 18.2 Å². The first-order valence-electron chi connectivity index (χ1n) is 7.85. The van der Waals surface area contributed by atoms with Gasteiger partial charge >= 0.3 is 6.18 Å². The van der Waals surface area contributed by atoms with Crippen LogP contribution in [0.3, 0.4) is 0 Å². The van der Waals surface area contributed by atoms with Crippen LogP contribution in [0, 0.1) is 5.82 Å². The number of alkyl halides is 3. The zero-order valence-electron chi connectivity index (χ0n) is 13.5. The SMILES string of the molecule is O=S(=O)(c1cccc(C(F)(F)F)c1)N1CCNCC1c1cccc(F)c1. The number of nitrogens with one attached hydrogen (secondary N) is 1. The quantitative estimate of drug-likeness (QED) is 0.822. The van der Waals surface area contributed by atoms with E-state index in [-0.39, 0.29) is 13.1 Å². The number of hydrogen-bond acceptors (Lipinski definition) is 3. The number of sulfonamides is 1. The maximum Gasteiger partial charge on any atom is 0.416 e. The van der Waals surface area contributed by atoms with Gasteiger partial charge in [-0.05, 0) is 35.9 Å². The Bertz CT molecular complexity index is 900. The van der Waals surface area contributed by atoms with Gasteiger partial charge in [-0.15, -0.1) is 0 Å². The smallest absolute Gasteiger partial charge is 0.313 e. The molecule has 1 fully saturated rings. The number of nitrogens with zero attached hydrogens (tertiary/aromatic N) is 1. The Morgan fingerprint density at radius 2 is 1.81 bits per heavy atom. The minimum absolute atomic E-state index is 0.0692. The van der Waals surface area contributed by atoms with E-state index in [9.17, 15) is 26.0 Å². The van der Waals surface area contributed by atoms with Crippen molar-refractivity contribution < 1.29 is 26.0 Å². The summed E-state index contributed by atoms with van der Waals surface area (Å²) < 4.78 is 79.4. The Balaban J connectivity index is 2.01. The number of piperazine rings is 1. The van der Waals surface area contributed by atoms with Crippen molar-refractivity contribution in [1.82, 2.24) is 9.62 Å². The van der Waals surface area contributed by atoms with Crippen molar-refractivity contribution in [2.75, 3.05) is 19.6 Å². The first-order chi connectivity index (χ1) is 12.2. The molecule has 0 amide bonds. The van der Waals surface area contributed by atoms with Crippen LogP contribution in [0.5, 0.6) is 0 Å². The number of rotatable bonds is 3. The summed E-state index contributed by atoms with van der Waals surface area (Å²) in [6, 6.07) is 8.46. The van der Waals surface area contributed by atoms with Gasteiger partial charge in [-0.25, -0.2) is 12.8 Å². The standard InChI is InChI=1S/C17H16F4N2O2S/c18-14-5-1-3-12(9-14)16-11-22-7-8-23(16)26(24,25)15-6-2-4-13(10-15)17(19,20)21/h1-6,9-10,16,22H,7-8,11H2. The molecule has 9 heteroatoms. The average molecular weight is 388 g/mol. The molecule has 0 spiro atoms. The fourth-order valence-corrected chi connectivity index (χ4v) is 4.60. The van der Waals surface area contributed by atoms with Gasteiger partial charge in [0, 0.05) is 19.6 Å². The number of halogens is 4. The predicted molar refractivity (Wildman–Crippen MR) is 87.3 cm³/mol. The van der Waals surface area contributed by atoms with Crippen molar-refractivity contribution in [2.24, 2.45) is 0 Å². The van der Waals surface area contributed by atoms with Gasteiger partial charge in [-0.2, -0.15) is 17.5 Å². The van der Waals surface area contributed by atoms with Crippen LogP contribution in [0.1, 0.15) is 17.2 Å². The molecule has 26 heavy (non-hydrogen) atoms. The third kappa shape index (κ3) is 3.74. The topological polar surface area (TPSA) is 49.4 Å². The van der Waals surface area contributed by atoms with Gasteiger partial charge in [-0.1, -0.05) is 18.2 Å². The Morgan fingerprint density at radius 3 is 2.50 bits per heavy atom. The molecule has 3 rings (SSSR count). The second kappa shape index (κ2) is 6.98. The second-order valence-corrected chi connectivity index (χ2v) is 7.81. The molecule has 1 aliphatic rings. The third-order valence-electron chi connectivity index (χ3n) is 4.20. The molecule has 140 valence electrons. The largest absolute Gasteiger partial charge is 0.416 e. The van der Waals surface area contributed by atoms with Crippen molar-refractivity contribution in [3.8, 4) is 0 Å². The van der Waals surface area contributed by atoms with Crippen molar-refractivity contribution >= 4 is 10.0 Å². The summed E-state index contributed by atoms with van der Waals surface area (Å²) in [5.41, 5.74) is -0.594. The van der Waals surface area contributed by atoms with Crippen LogP contribution in [0.2, 0.25) is 0 Å². The van der Waals surface area contributed by atoms with Gasteiger partial charge in [-0.3, -0.25) is 0 Å². The van der Waals surface area contributed by atoms with Gasteiger partial charge in [0.05, 0.1) is 16.5 Å². The Hall–Kier alpha value is -1.97. The van der Waals surface area contributed by atoms with Crippen LogP contribution in [0.4, 0.5) is 17.6 Å². The van der Waals surface area contributed by atoms with E-state index in [4.69, 9.17) is 0 Å². The summed E-state index contributed by atoms with van der Waals surface area (Å²) in [6.45, 7) is 0.658. The molecule has 4 nitrogen and oxygen atoms in total. The lowest BCUT2D eigenvalue weighted by molar-refractivity contribution is -0.137. The van der Waals surface area contributed by atoms with Gasteiger partial charge in [0.15, 0.2) is 0 Å². The van der Waals surface area contributed by atoms with Crippen LogP contribution in [0.15, 0.2) is 53.4 Å². The molecule has 0 aliphatic carbocycles. The first-order valence-corrected chi connectivity index (χ1v) is 9.29. The van der Waals surface area contributed by atoms with Crippen LogP contribution in [-0.2, 0) is 16.2 Å². The molecular formula is C17H16F4N2O2S.